The number of benzene rings is 2. The Labute approximate surface area is 173 Å². The smallest absolute Gasteiger partial charge is 0.329 e. The topological polar surface area (TPSA) is 63.6 Å². The van der Waals surface area contributed by atoms with Crippen molar-refractivity contribution in [2.24, 2.45) is 0 Å². The lowest BCUT2D eigenvalue weighted by molar-refractivity contribution is -0.123. The second-order valence-corrected chi connectivity index (χ2v) is 6.94. The summed E-state index contributed by atoms with van der Waals surface area (Å²) < 4.78 is 7.12. The first-order valence-electron chi connectivity index (χ1n) is 8.96. The van der Waals surface area contributed by atoms with Gasteiger partial charge in [-0.3, -0.25) is 9.69 Å². The minimum Gasteiger partial charge on any atom is -0.497 e. The average molecular weight is 408 g/mol. The van der Waals surface area contributed by atoms with E-state index in [-0.39, 0.29) is 18.1 Å². The van der Waals surface area contributed by atoms with E-state index in [1.165, 1.54) is 4.90 Å². The Balaban J connectivity index is 1.57. The molecule has 7 heteroatoms. The van der Waals surface area contributed by atoms with Gasteiger partial charge in [0.05, 0.1) is 13.7 Å². The number of imide groups is 1. The van der Waals surface area contributed by atoms with E-state index in [4.69, 9.17) is 16.3 Å². The molecule has 146 valence electrons. The minimum absolute atomic E-state index is 0.179. The Hall–Kier alpha value is -3.51. The first-order valence-corrected chi connectivity index (χ1v) is 9.34. The molecule has 0 saturated carbocycles. The normalized spacial score (nSPS) is 15.1. The molecule has 1 aromatic heterocycles. The molecule has 3 aromatic rings. The van der Waals surface area contributed by atoms with Crippen molar-refractivity contribution >= 4 is 29.6 Å². The molecule has 2 aromatic carbocycles. The highest BCUT2D eigenvalue weighted by molar-refractivity contribution is 6.30. The standard InChI is InChI=1S/C22H18ClN3O3/c1-29-19-10-8-17(9-11-19)25-12-2-3-18(25)13-20-21(27)26(22(28)24-20)14-15-4-6-16(23)7-5-15/h2-13H,14H2,1H3,(H,24,28)/b20-13+. The van der Waals surface area contributed by atoms with E-state index < -0.39 is 6.03 Å². The van der Waals surface area contributed by atoms with Crippen LogP contribution >= 0.6 is 11.6 Å². The molecule has 0 bridgehead atoms. The zero-order chi connectivity index (χ0) is 20.4. The van der Waals surface area contributed by atoms with Crippen LogP contribution in [0.25, 0.3) is 11.8 Å². The van der Waals surface area contributed by atoms with Crippen LogP contribution in [0.2, 0.25) is 5.02 Å². The van der Waals surface area contributed by atoms with Crippen LogP contribution in [0.15, 0.2) is 72.6 Å². The number of carbonyl (C=O) groups excluding carboxylic acids is 2. The van der Waals surface area contributed by atoms with Gasteiger partial charge in [0.2, 0.25) is 0 Å². The van der Waals surface area contributed by atoms with Crippen molar-refractivity contribution in [3.05, 3.63) is 88.8 Å². The third kappa shape index (κ3) is 3.88. The molecule has 4 rings (SSSR count). The van der Waals surface area contributed by atoms with Crippen molar-refractivity contribution in [2.45, 2.75) is 6.54 Å². The van der Waals surface area contributed by atoms with Crippen LogP contribution in [0, 0.1) is 0 Å². The van der Waals surface area contributed by atoms with Gasteiger partial charge in [-0.25, -0.2) is 4.79 Å². The van der Waals surface area contributed by atoms with E-state index in [1.54, 1.807) is 37.5 Å². The molecule has 29 heavy (non-hydrogen) atoms. The van der Waals surface area contributed by atoms with Crippen molar-refractivity contribution < 1.29 is 14.3 Å². The molecule has 3 amide bonds. The second kappa shape index (κ2) is 7.85. The summed E-state index contributed by atoms with van der Waals surface area (Å²) in [4.78, 5) is 26.3. The Kier molecular flexibility index (Phi) is 5.10. The number of carbonyl (C=O) groups is 2. The van der Waals surface area contributed by atoms with Crippen LogP contribution in [0.3, 0.4) is 0 Å². The monoisotopic (exact) mass is 407 g/mol. The number of hydrogen-bond donors (Lipinski definition) is 1. The highest BCUT2D eigenvalue weighted by atomic mass is 35.5. The number of methoxy groups -OCH3 is 1. The molecule has 1 aliphatic rings. The molecular weight excluding hydrogens is 390 g/mol. The molecule has 0 radical (unpaired) electrons. The average Bonchev–Trinajstić information content (AvgIpc) is 3.30. The van der Waals surface area contributed by atoms with Crippen LogP contribution in [0.1, 0.15) is 11.3 Å². The number of halogens is 1. The predicted molar refractivity (Wildman–Crippen MR) is 111 cm³/mol. The number of nitrogens with zero attached hydrogens (tertiary/aromatic N) is 2. The SMILES string of the molecule is COc1ccc(-n2cccc2/C=C2/NC(=O)N(Cc3ccc(Cl)cc3)C2=O)cc1. The van der Waals surface area contributed by atoms with Crippen molar-refractivity contribution in [2.75, 3.05) is 7.11 Å². The fourth-order valence-electron chi connectivity index (χ4n) is 3.13. The fourth-order valence-corrected chi connectivity index (χ4v) is 3.25. The summed E-state index contributed by atoms with van der Waals surface area (Å²) in [5.74, 6) is 0.393. The van der Waals surface area contributed by atoms with E-state index in [0.29, 0.717) is 5.02 Å². The number of rotatable bonds is 5. The van der Waals surface area contributed by atoms with E-state index in [2.05, 4.69) is 5.32 Å². The maximum absolute atomic E-state index is 12.8. The molecule has 1 fully saturated rings. The number of aromatic nitrogens is 1. The van der Waals surface area contributed by atoms with Crippen molar-refractivity contribution in [1.82, 2.24) is 14.8 Å². The molecule has 1 N–H and O–H groups in total. The lowest BCUT2D eigenvalue weighted by Crippen LogP contribution is -2.30. The molecule has 2 heterocycles. The molecule has 6 nitrogen and oxygen atoms in total. The van der Waals surface area contributed by atoms with Gasteiger partial charge in [0.25, 0.3) is 5.91 Å². The van der Waals surface area contributed by atoms with Gasteiger partial charge < -0.3 is 14.6 Å². The van der Waals surface area contributed by atoms with Gasteiger partial charge in [0.15, 0.2) is 0 Å². The Morgan fingerprint density at radius 2 is 1.76 bits per heavy atom. The molecule has 0 aliphatic carbocycles. The highest BCUT2D eigenvalue weighted by Gasteiger charge is 2.33. The molecular formula is C22H18ClN3O3. The zero-order valence-electron chi connectivity index (χ0n) is 15.6. The number of hydrogen-bond acceptors (Lipinski definition) is 3. The summed E-state index contributed by atoms with van der Waals surface area (Å²) >= 11 is 5.89. The van der Waals surface area contributed by atoms with E-state index in [9.17, 15) is 9.59 Å². The van der Waals surface area contributed by atoms with Crippen LogP contribution < -0.4 is 10.1 Å². The van der Waals surface area contributed by atoms with Gasteiger partial charge in [-0.05, 0) is 60.2 Å². The molecule has 0 atom stereocenters. The summed E-state index contributed by atoms with van der Waals surface area (Å²) in [5.41, 5.74) is 2.74. The number of amides is 3. The van der Waals surface area contributed by atoms with Crippen LogP contribution in [0.5, 0.6) is 5.75 Å². The van der Waals surface area contributed by atoms with Crippen LogP contribution in [0.4, 0.5) is 4.79 Å². The van der Waals surface area contributed by atoms with Gasteiger partial charge in [0, 0.05) is 22.6 Å². The minimum atomic E-state index is -0.446. The van der Waals surface area contributed by atoms with E-state index in [0.717, 1.165) is 22.7 Å². The van der Waals surface area contributed by atoms with Crippen LogP contribution in [-0.4, -0.2) is 28.5 Å². The van der Waals surface area contributed by atoms with E-state index in [1.807, 2.05) is 47.2 Å². The van der Waals surface area contributed by atoms with Crippen LogP contribution in [-0.2, 0) is 11.3 Å². The van der Waals surface area contributed by atoms with Crippen molar-refractivity contribution in [1.29, 1.82) is 0 Å². The Morgan fingerprint density at radius 3 is 2.45 bits per heavy atom. The lowest BCUT2D eigenvalue weighted by Gasteiger charge is -2.11. The third-order valence-electron chi connectivity index (χ3n) is 4.64. The van der Waals surface area contributed by atoms with Gasteiger partial charge in [-0.15, -0.1) is 0 Å². The lowest BCUT2D eigenvalue weighted by atomic mass is 10.2. The number of nitrogens with one attached hydrogen (secondary N) is 1. The zero-order valence-corrected chi connectivity index (χ0v) is 16.4. The highest BCUT2D eigenvalue weighted by Crippen LogP contribution is 2.21. The van der Waals surface area contributed by atoms with Crippen molar-refractivity contribution in [3.63, 3.8) is 0 Å². The maximum atomic E-state index is 12.8. The maximum Gasteiger partial charge on any atom is 0.329 e. The fraction of sp³-hybridized carbons (Fsp3) is 0.0909. The number of ether oxygens (including phenoxy) is 1. The van der Waals surface area contributed by atoms with Gasteiger partial charge in [-0.1, -0.05) is 23.7 Å². The molecule has 0 unspecified atom stereocenters. The Morgan fingerprint density at radius 1 is 1.03 bits per heavy atom. The van der Waals surface area contributed by atoms with Gasteiger partial charge >= 0.3 is 6.03 Å². The first kappa shape index (κ1) is 18.8. The van der Waals surface area contributed by atoms with Crippen molar-refractivity contribution in [3.8, 4) is 11.4 Å². The molecule has 1 aliphatic heterocycles. The first-order chi connectivity index (χ1) is 14.0. The summed E-state index contributed by atoms with van der Waals surface area (Å²) in [7, 11) is 1.62. The predicted octanol–water partition coefficient (Wildman–Crippen LogP) is 4.23. The third-order valence-corrected chi connectivity index (χ3v) is 4.89. The summed E-state index contributed by atoms with van der Waals surface area (Å²) in [6.45, 7) is 0.179. The Bertz CT molecular complexity index is 1090. The summed E-state index contributed by atoms with van der Waals surface area (Å²) in [6, 6.07) is 17.9. The quantitative estimate of drug-likeness (QED) is 0.508. The number of urea groups is 1. The molecule has 0 spiro atoms. The largest absolute Gasteiger partial charge is 0.497 e. The van der Waals surface area contributed by atoms with Gasteiger partial charge in [-0.2, -0.15) is 0 Å². The summed E-state index contributed by atoms with van der Waals surface area (Å²) in [6.07, 6.45) is 3.56. The second-order valence-electron chi connectivity index (χ2n) is 6.51. The summed E-state index contributed by atoms with van der Waals surface area (Å²) in [5, 5.41) is 3.26. The van der Waals surface area contributed by atoms with E-state index >= 15 is 0 Å². The molecule has 1 saturated heterocycles. The van der Waals surface area contributed by atoms with Gasteiger partial charge in [0.1, 0.15) is 11.4 Å².